The van der Waals surface area contributed by atoms with Gasteiger partial charge in [-0.15, -0.1) is 0 Å². The number of rotatable bonds is 6. The molecule has 2 heterocycles. The Labute approximate surface area is 190 Å². The number of fused-ring (bicyclic) bond motifs is 1. The van der Waals surface area contributed by atoms with Crippen LogP contribution in [-0.2, 0) is 21.4 Å². The third kappa shape index (κ3) is 4.82. The molecule has 1 fully saturated rings. The second-order valence-corrected chi connectivity index (χ2v) is 10.0. The lowest BCUT2D eigenvalue weighted by Gasteiger charge is -2.32. The van der Waals surface area contributed by atoms with Crippen LogP contribution in [0.3, 0.4) is 0 Å². The topological polar surface area (TPSA) is 87.7 Å². The fraction of sp³-hybridized carbons (Fsp3) is 0.333. The van der Waals surface area contributed by atoms with Gasteiger partial charge in [0.05, 0.1) is 17.0 Å². The van der Waals surface area contributed by atoms with Crippen LogP contribution in [0.15, 0.2) is 51.8 Å². The summed E-state index contributed by atoms with van der Waals surface area (Å²) in [7, 11) is -0.288. The molecule has 0 amide bonds. The fourth-order valence-electron chi connectivity index (χ4n) is 3.55. The van der Waals surface area contributed by atoms with Crippen LogP contribution in [0, 0.1) is 0 Å². The van der Waals surface area contributed by atoms with Crippen molar-refractivity contribution in [3.05, 3.63) is 52.5 Å². The first-order valence-electron chi connectivity index (χ1n) is 9.88. The van der Waals surface area contributed by atoms with E-state index < -0.39 is 10.0 Å². The predicted octanol–water partition coefficient (Wildman–Crippen LogP) is 3.09. The van der Waals surface area contributed by atoms with Crippen LogP contribution in [0.4, 0.5) is 11.8 Å². The van der Waals surface area contributed by atoms with E-state index in [0.717, 1.165) is 30.7 Å². The maximum atomic E-state index is 13.3. The first kappa shape index (κ1) is 21.9. The van der Waals surface area contributed by atoms with E-state index in [0.29, 0.717) is 22.4 Å². The average molecular weight is 506 g/mol. The van der Waals surface area contributed by atoms with Gasteiger partial charge < -0.3 is 14.5 Å². The van der Waals surface area contributed by atoms with E-state index in [4.69, 9.17) is 4.74 Å². The zero-order valence-electron chi connectivity index (χ0n) is 17.4. The Morgan fingerprint density at radius 1 is 1.10 bits per heavy atom. The summed E-state index contributed by atoms with van der Waals surface area (Å²) in [5.74, 6) is 0.795. The smallest absolute Gasteiger partial charge is 0.263 e. The van der Waals surface area contributed by atoms with E-state index in [9.17, 15) is 8.42 Å². The highest BCUT2D eigenvalue weighted by Crippen LogP contribution is 2.28. The van der Waals surface area contributed by atoms with Crippen molar-refractivity contribution in [2.45, 2.75) is 11.5 Å². The number of aromatic nitrogens is 2. The van der Waals surface area contributed by atoms with Gasteiger partial charge in [-0.05, 0) is 42.9 Å². The van der Waals surface area contributed by atoms with Gasteiger partial charge in [0.1, 0.15) is 0 Å². The largest absolute Gasteiger partial charge is 0.380 e. The standard InChI is InChI=1S/C21H24BrN5O3S/c1-26-9-11-27(12-10-26)21-23-18-6-4-3-5-17(18)20(24-21)25-31(28,29)19-8-7-16(22)13-15(19)14-30-2/h3-8,13H,9-12,14H2,1-2H3,(H,23,24,25). The lowest BCUT2D eigenvalue weighted by molar-refractivity contribution is 0.182. The first-order chi connectivity index (χ1) is 14.9. The van der Waals surface area contributed by atoms with E-state index in [-0.39, 0.29) is 17.3 Å². The molecular formula is C21H24BrN5O3S. The molecule has 31 heavy (non-hydrogen) atoms. The molecule has 0 atom stereocenters. The molecule has 0 radical (unpaired) electrons. The number of likely N-dealkylation sites (N-methyl/N-ethyl adjacent to an activating group) is 1. The van der Waals surface area contributed by atoms with Crippen LogP contribution in [0.1, 0.15) is 5.56 Å². The number of ether oxygens (including phenoxy) is 1. The molecule has 4 rings (SSSR count). The molecule has 164 valence electrons. The molecule has 8 nitrogen and oxygen atoms in total. The Morgan fingerprint density at radius 3 is 2.58 bits per heavy atom. The highest BCUT2D eigenvalue weighted by Gasteiger charge is 2.23. The average Bonchev–Trinajstić information content (AvgIpc) is 2.74. The van der Waals surface area contributed by atoms with Crippen molar-refractivity contribution in [3.63, 3.8) is 0 Å². The van der Waals surface area contributed by atoms with Gasteiger partial charge in [0.15, 0.2) is 5.82 Å². The highest BCUT2D eigenvalue weighted by atomic mass is 79.9. The van der Waals surface area contributed by atoms with Gasteiger partial charge in [0.25, 0.3) is 10.0 Å². The molecule has 10 heteroatoms. The summed E-state index contributed by atoms with van der Waals surface area (Å²) in [6.45, 7) is 3.54. The third-order valence-corrected chi connectivity index (χ3v) is 7.15. The van der Waals surface area contributed by atoms with Gasteiger partial charge in [-0.25, -0.2) is 13.4 Å². The Bertz CT molecular complexity index is 1200. The van der Waals surface area contributed by atoms with Gasteiger partial charge in [0, 0.05) is 43.1 Å². The number of anilines is 2. The van der Waals surface area contributed by atoms with Gasteiger partial charge in [-0.1, -0.05) is 28.1 Å². The molecule has 1 aliphatic heterocycles. The molecule has 1 aromatic heterocycles. The van der Waals surface area contributed by atoms with Crippen molar-refractivity contribution in [1.82, 2.24) is 14.9 Å². The number of sulfonamides is 1. The summed E-state index contributed by atoms with van der Waals surface area (Å²) in [5, 5.41) is 0.648. The fourth-order valence-corrected chi connectivity index (χ4v) is 5.19. The van der Waals surface area contributed by atoms with E-state index in [1.54, 1.807) is 18.2 Å². The molecule has 1 saturated heterocycles. The summed E-state index contributed by atoms with van der Waals surface area (Å²) in [6.07, 6.45) is 0. The van der Waals surface area contributed by atoms with E-state index in [2.05, 4.69) is 47.5 Å². The Balaban J connectivity index is 1.75. The summed E-state index contributed by atoms with van der Waals surface area (Å²) >= 11 is 3.39. The molecule has 0 aliphatic carbocycles. The molecule has 1 N–H and O–H groups in total. The second kappa shape index (κ2) is 9.07. The number of halogens is 1. The van der Waals surface area contributed by atoms with Gasteiger partial charge >= 0.3 is 0 Å². The van der Waals surface area contributed by atoms with Crippen LogP contribution in [0.25, 0.3) is 10.9 Å². The summed E-state index contributed by atoms with van der Waals surface area (Å²) < 4.78 is 35.3. The highest BCUT2D eigenvalue weighted by molar-refractivity contribution is 9.10. The minimum Gasteiger partial charge on any atom is -0.380 e. The van der Waals surface area contributed by atoms with Crippen molar-refractivity contribution in [2.75, 3.05) is 50.0 Å². The SMILES string of the molecule is COCc1cc(Br)ccc1S(=O)(=O)Nc1nc(N2CCN(C)CC2)nc2ccccc12. The molecule has 0 unspecified atom stereocenters. The number of benzene rings is 2. The summed E-state index contributed by atoms with van der Waals surface area (Å²) in [6, 6.07) is 12.4. The van der Waals surface area contributed by atoms with E-state index in [1.807, 2.05) is 24.3 Å². The number of methoxy groups -OCH3 is 1. The number of hydrogen-bond acceptors (Lipinski definition) is 7. The summed E-state index contributed by atoms with van der Waals surface area (Å²) in [5.41, 5.74) is 1.25. The van der Waals surface area contributed by atoms with E-state index in [1.165, 1.54) is 7.11 Å². The number of nitrogens with one attached hydrogen (secondary N) is 1. The number of nitrogens with zero attached hydrogens (tertiary/aromatic N) is 4. The Hall–Kier alpha value is -2.27. The van der Waals surface area contributed by atoms with Crippen molar-refractivity contribution in [1.29, 1.82) is 0 Å². The molecular weight excluding hydrogens is 482 g/mol. The second-order valence-electron chi connectivity index (χ2n) is 7.47. The Kier molecular flexibility index (Phi) is 6.42. The van der Waals surface area contributed by atoms with Crippen LogP contribution < -0.4 is 9.62 Å². The van der Waals surface area contributed by atoms with Crippen molar-refractivity contribution in [3.8, 4) is 0 Å². The molecule has 0 spiro atoms. The molecule has 0 saturated carbocycles. The quantitative estimate of drug-likeness (QED) is 0.550. The number of hydrogen-bond donors (Lipinski definition) is 1. The van der Waals surface area contributed by atoms with Gasteiger partial charge in [0.2, 0.25) is 5.95 Å². The normalized spacial score (nSPS) is 15.4. The maximum Gasteiger partial charge on any atom is 0.263 e. The molecule has 3 aromatic rings. The van der Waals surface area contributed by atoms with Crippen LogP contribution >= 0.6 is 15.9 Å². The minimum absolute atomic E-state index is 0.154. The van der Waals surface area contributed by atoms with Crippen LogP contribution in [0.2, 0.25) is 0 Å². The van der Waals surface area contributed by atoms with Gasteiger partial charge in [-0.3, -0.25) is 4.72 Å². The number of para-hydroxylation sites is 1. The number of piperazine rings is 1. The maximum absolute atomic E-state index is 13.3. The summed E-state index contributed by atoms with van der Waals surface area (Å²) in [4.78, 5) is 13.8. The van der Waals surface area contributed by atoms with E-state index >= 15 is 0 Å². The molecule has 2 aromatic carbocycles. The van der Waals surface area contributed by atoms with Crippen molar-refractivity contribution >= 4 is 48.6 Å². The van der Waals surface area contributed by atoms with Crippen LogP contribution in [0.5, 0.6) is 0 Å². The zero-order chi connectivity index (χ0) is 22.0. The predicted molar refractivity (Wildman–Crippen MR) is 125 cm³/mol. The lowest BCUT2D eigenvalue weighted by atomic mass is 10.2. The van der Waals surface area contributed by atoms with Crippen LogP contribution in [-0.4, -0.2) is 63.6 Å². The Morgan fingerprint density at radius 2 is 1.84 bits per heavy atom. The lowest BCUT2D eigenvalue weighted by Crippen LogP contribution is -2.45. The first-order valence-corrected chi connectivity index (χ1v) is 12.2. The molecule has 1 aliphatic rings. The zero-order valence-corrected chi connectivity index (χ0v) is 19.8. The van der Waals surface area contributed by atoms with Crippen molar-refractivity contribution < 1.29 is 13.2 Å². The monoisotopic (exact) mass is 505 g/mol. The molecule has 0 bridgehead atoms. The minimum atomic E-state index is -3.90. The van der Waals surface area contributed by atoms with Gasteiger partial charge in [-0.2, -0.15) is 4.98 Å². The van der Waals surface area contributed by atoms with Crippen molar-refractivity contribution in [2.24, 2.45) is 0 Å². The third-order valence-electron chi connectivity index (χ3n) is 5.22.